The Morgan fingerprint density at radius 3 is 0.579 bits per heavy atom. The zero-order valence-electron chi connectivity index (χ0n) is 52.3. The third-order valence-electron chi connectivity index (χ3n) is 19.5. The van der Waals surface area contributed by atoms with Crippen LogP contribution in [0.4, 0.5) is 0 Å². The van der Waals surface area contributed by atoms with Crippen molar-refractivity contribution in [3.8, 4) is 0 Å². The number of piperidine rings is 3. The highest BCUT2D eigenvalue weighted by Crippen LogP contribution is 2.27. The fourth-order valence-corrected chi connectivity index (χ4v) is 14.4. The summed E-state index contributed by atoms with van der Waals surface area (Å²) in [5.74, 6) is 2.98. The molecule has 452 valence electrons. The quantitative estimate of drug-likeness (QED) is 0.0595. The molecule has 0 aromatic carbocycles. The molecule has 3 atom stereocenters. The molecule has 0 radical (unpaired) electrons. The first-order chi connectivity index (χ1) is 37.8. The molecule has 3 saturated heterocycles. The minimum Gasteiger partial charge on any atom is -0.330 e. The summed E-state index contributed by atoms with van der Waals surface area (Å²) in [6.07, 6.45) is 83.1. The first-order valence-electron chi connectivity index (χ1n) is 36.3. The Balaban J connectivity index is 0.975. The molecular formula is C71H143N5. The van der Waals surface area contributed by atoms with Gasteiger partial charge in [0.25, 0.3) is 0 Å². The van der Waals surface area contributed by atoms with Crippen molar-refractivity contribution in [2.45, 2.75) is 366 Å². The Labute approximate surface area is 479 Å². The summed E-state index contributed by atoms with van der Waals surface area (Å²) in [5.41, 5.74) is 11.2. The largest absolute Gasteiger partial charge is 0.330 e. The summed E-state index contributed by atoms with van der Waals surface area (Å²) in [7, 11) is 0. The molecule has 0 spiro atoms. The maximum Gasteiger partial charge on any atom is 0.000966 e. The minimum absolute atomic E-state index is 0.873. The number of unbranched alkanes of at least 4 members (excludes halogenated alkanes) is 44. The second-order valence-electron chi connectivity index (χ2n) is 26.8. The third kappa shape index (κ3) is 44.5. The van der Waals surface area contributed by atoms with Crippen molar-refractivity contribution in [2.24, 2.45) is 29.2 Å². The summed E-state index contributed by atoms with van der Waals surface area (Å²) in [6.45, 7) is 14.2. The number of hydrogen-bond donors (Lipinski definition) is 2. The molecule has 0 aromatic rings. The van der Waals surface area contributed by atoms with Gasteiger partial charge in [-0.1, -0.05) is 276 Å². The van der Waals surface area contributed by atoms with Gasteiger partial charge in [0.05, 0.1) is 0 Å². The number of hydrogen-bond acceptors (Lipinski definition) is 5. The van der Waals surface area contributed by atoms with Crippen LogP contribution in [0.5, 0.6) is 0 Å². The highest BCUT2D eigenvalue weighted by Gasteiger charge is 2.21. The average Bonchev–Trinajstić information content (AvgIpc) is 3.44. The van der Waals surface area contributed by atoms with Crippen molar-refractivity contribution in [1.29, 1.82) is 0 Å². The van der Waals surface area contributed by atoms with Gasteiger partial charge >= 0.3 is 0 Å². The summed E-state index contributed by atoms with van der Waals surface area (Å²) < 4.78 is 0. The molecule has 5 nitrogen and oxygen atoms in total. The van der Waals surface area contributed by atoms with E-state index >= 15 is 0 Å². The fraction of sp³-hybridized carbons (Fsp3) is 1.00. The molecule has 0 saturated carbocycles. The zero-order valence-corrected chi connectivity index (χ0v) is 52.3. The molecule has 0 aliphatic carbocycles. The molecule has 3 rings (SSSR count). The van der Waals surface area contributed by atoms with Gasteiger partial charge in [0.15, 0.2) is 0 Å². The first kappa shape index (κ1) is 70.1. The molecule has 0 amide bonds. The minimum atomic E-state index is 0.873. The molecular weight excluding hydrogens is 923 g/mol. The van der Waals surface area contributed by atoms with Crippen LogP contribution in [0.3, 0.4) is 0 Å². The predicted molar refractivity (Wildman–Crippen MR) is 341 cm³/mol. The van der Waals surface area contributed by atoms with Crippen molar-refractivity contribution in [1.82, 2.24) is 14.7 Å². The van der Waals surface area contributed by atoms with Gasteiger partial charge in [-0.2, -0.15) is 0 Å². The third-order valence-corrected chi connectivity index (χ3v) is 19.5. The van der Waals surface area contributed by atoms with E-state index in [0.29, 0.717) is 0 Å². The van der Waals surface area contributed by atoms with Crippen LogP contribution >= 0.6 is 0 Å². The predicted octanol–water partition coefficient (Wildman–Crippen LogP) is 20.9. The fourth-order valence-electron chi connectivity index (χ4n) is 14.4. The monoisotopic (exact) mass is 1070 g/mol. The Morgan fingerprint density at radius 1 is 0.211 bits per heavy atom. The zero-order chi connectivity index (χ0) is 53.5. The molecule has 5 heteroatoms. The molecule has 0 bridgehead atoms. The van der Waals surface area contributed by atoms with Gasteiger partial charge in [0, 0.05) is 19.6 Å². The van der Waals surface area contributed by atoms with Crippen LogP contribution in [0.1, 0.15) is 366 Å². The van der Waals surface area contributed by atoms with Crippen LogP contribution in [0.15, 0.2) is 0 Å². The number of rotatable bonds is 58. The van der Waals surface area contributed by atoms with Gasteiger partial charge in [-0.05, 0) is 160 Å². The molecule has 76 heavy (non-hydrogen) atoms. The maximum absolute atomic E-state index is 5.60. The Hall–Kier alpha value is -0.200. The molecule has 3 aliphatic rings. The van der Waals surface area contributed by atoms with E-state index in [4.69, 9.17) is 11.5 Å². The summed E-state index contributed by atoms with van der Waals surface area (Å²) in [6, 6.07) is 0. The van der Waals surface area contributed by atoms with Gasteiger partial charge in [-0.25, -0.2) is 0 Å². The van der Waals surface area contributed by atoms with Crippen molar-refractivity contribution >= 4 is 0 Å². The van der Waals surface area contributed by atoms with Gasteiger partial charge in [0.2, 0.25) is 0 Å². The van der Waals surface area contributed by atoms with Crippen molar-refractivity contribution in [3.63, 3.8) is 0 Å². The van der Waals surface area contributed by atoms with Crippen LogP contribution in [0.25, 0.3) is 0 Å². The van der Waals surface area contributed by atoms with E-state index in [-0.39, 0.29) is 0 Å². The molecule has 3 aliphatic heterocycles. The first-order valence-corrected chi connectivity index (χ1v) is 36.3. The van der Waals surface area contributed by atoms with E-state index in [1.807, 2.05) is 0 Å². The van der Waals surface area contributed by atoms with Crippen LogP contribution < -0.4 is 11.5 Å². The van der Waals surface area contributed by atoms with Gasteiger partial charge < -0.3 is 26.2 Å². The van der Waals surface area contributed by atoms with E-state index in [2.05, 4.69) is 14.7 Å². The summed E-state index contributed by atoms with van der Waals surface area (Å²) >= 11 is 0. The van der Waals surface area contributed by atoms with Gasteiger partial charge in [-0.15, -0.1) is 0 Å². The second kappa shape index (κ2) is 55.3. The lowest BCUT2D eigenvalue weighted by molar-refractivity contribution is 0.163. The van der Waals surface area contributed by atoms with Crippen molar-refractivity contribution in [3.05, 3.63) is 0 Å². The highest BCUT2D eigenvalue weighted by atomic mass is 15.1. The molecule has 4 N–H and O–H groups in total. The molecule has 3 unspecified atom stereocenters. The van der Waals surface area contributed by atoms with Crippen molar-refractivity contribution < 1.29 is 0 Å². The van der Waals surface area contributed by atoms with E-state index in [1.165, 1.54) is 425 Å². The van der Waals surface area contributed by atoms with E-state index in [0.717, 1.165) is 30.8 Å². The summed E-state index contributed by atoms with van der Waals surface area (Å²) in [4.78, 5) is 8.52. The second-order valence-corrected chi connectivity index (χ2v) is 26.8. The lowest BCUT2D eigenvalue weighted by atomic mass is 9.91. The maximum atomic E-state index is 5.60. The van der Waals surface area contributed by atoms with E-state index < -0.39 is 0 Å². The van der Waals surface area contributed by atoms with Crippen molar-refractivity contribution in [2.75, 3.05) is 72.0 Å². The van der Waals surface area contributed by atoms with Crippen LogP contribution in [0, 0.1) is 17.8 Å². The summed E-state index contributed by atoms with van der Waals surface area (Å²) in [5, 5.41) is 0. The number of nitrogens with zero attached hydrogens (tertiary/aromatic N) is 3. The van der Waals surface area contributed by atoms with Gasteiger partial charge in [0.1, 0.15) is 0 Å². The van der Waals surface area contributed by atoms with Gasteiger partial charge in [-0.3, -0.25) is 0 Å². The Kier molecular flexibility index (Phi) is 51.0. The lowest BCUT2D eigenvalue weighted by Gasteiger charge is -2.32. The molecule has 3 fully saturated rings. The highest BCUT2D eigenvalue weighted by molar-refractivity contribution is 4.76. The standard InChI is InChI=1S/C71H143N5/c72-58-44-36-28-20-12-5-1-3-7-14-22-30-38-46-60-74-63-49-55-69(66-74)52-41-33-25-17-9-10-18-26-34-42-53-70-56-50-65-76(67-70)62-48-40-32-24-16-11-19-27-35-43-54-71-57-51-64-75(68-71)61-47-39-31-23-15-8-4-2-6-13-21-29-37-45-59-73/h69-71H,1-68,72-73H2. The van der Waals surface area contributed by atoms with E-state index in [1.54, 1.807) is 0 Å². The molecule has 3 heterocycles. The SMILES string of the molecule is NCCCCCCCCCCCCCCCCN1CCCC(CCCCCCCCCCCCC2CCCN(CCCCCCCCCCCCC3CCCN(CCCCCCCCCCCCCCCCN)C3)C2)C1. The Bertz CT molecular complexity index is 1050. The number of nitrogens with two attached hydrogens (primary N) is 2. The lowest BCUT2D eigenvalue weighted by Crippen LogP contribution is -2.36. The number of likely N-dealkylation sites (tertiary alicyclic amines) is 3. The van der Waals surface area contributed by atoms with Crippen LogP contribution in [-0.2, 0) is 0 Å². The average molecular weight is 1070 g/mol. The van der Waals surface area contributed by atoms with Crippen LogP contribution in [0.2, 0.25) is 0 Å². The molecule has 0 aromatic heterocycles. The smallest absolute Gasteiger partial charge is 0.000966 e. The van der Waals surface area contributed by atoms with Crippen LogP contribution in [-0.4, -0.2) is 86.7 Å². The normalized spacial score (nSPS) is 19.1. The van der Waals surface area contributed by atoms with E-state index in [9.17, 15) is 0 Å². The topological polar surface area (TPSA) is 61.8 Å². The Morgan fingerprint density at radius 2 is 0.382 bits per heavy atom.